The standard InChI is InChI=1S/C21H20O3/c1-14-7-8-15(2)18(11-14)13-20(21(22)23)24-19-10-9-16-5-3-4-6-17(16)12-19/h3-12,20H,13H2,1-2H3,(H,22,23)/t20-/m0/s1. The first-order chi connectivity index (χ1) is 11.5. The van der Waals surface area contributed by atoms with Crippen LogP contribution in [-0.2, 0) is 11.2 Å². The van der Waals surface area contributed by atoms with Gasteiger partial charge in [0.25, 0.3) is 0 Å². The van der Waals surface area contributed by atoms with Crippen molar-refractivity contribution in [3.63, 3.8) is 0 Å². The summed E-state index contributed by atoms with van der Waals surface area (Å²) in [6.07, 6.45) is -0.568. The van der Waals surface area contributed by atoms with Gasteiger partial charge >= 0.3 is 5.97 Å². The van der Waals surface area contributed by atoms with E-state index in [1.54, 1.807) is 0 Å². The maximum atomic E-state index is 11.6. The number of carbonyl (C=O) groups is 1. The normalized spacial score (nSPS) is 12.1. The molecule has 0 amide bonds. The minimum absolute atomic E-state index is 0.343. The highest BCUT2D eigenvalue weighted by Gasteiger charge is 2.21. The Morgan fingerprint density at radius 3 is 2.50 bits per heavy atom. The highest BCUT2D eigenvalue weighted by molar-refractivity contribution is 5.84. The first-order valence-corrected chi connectivity index (χ1v) is 7.97. The fourth-order valence-electron chi connectivity index (χ4n) is 2.80. The molecule has 0 radical (unpaired) electrons. The van der Waals surface area contributed by atoms with Crippen LogP contribution in [-0.4, -0.2) is 17.2 Å². The van der Waals surface area contributed by atoms with Crippen molar-refractivity contribution in [1.29, 1.82) is 0 Å². The third kappa shape index (κ3) is 3.57. The minimum Gasteiger partial charge on any atom is -0.478 e. The molecular weight excluding hydrogens is 300 g/mol. The topological polar surface area (TPSA) is 46.5 Å². The van der Waals surface area contributed by atoms with Crippen LogP contribution in [0.4, 0.5) is 0 Å². The molecule has 3 aromatic rings. The second-order valence-corrected chi connectivity index (χ2v) is 6.09. The van der Waals surface area contributed by atoms with E-state index in [4.69, 9.17) is 4.74 Å². The molecule has 122 valence electrons. The van der Waals surface area contributed by atoms with Crippen molar-refractivity contribution in [3.05, 3.63) is 77.4 Å². The molecular formula is C21H20O3. The van der Waals surface area contributed by atoms with Crippen LogP contribution in [0, 0.1) is 13.8 Å². The summed E-state index contributed by atoms with van der Waals surface area (Å²) in [5, 5.41) is 11.7. The quantitative estimate of drug-likeness (QED) is 0.751. The summed E-state index contributed by atoms with van der Waals surface area (Å²) in [5.74, 6) is -0.379. The number of hydrogen-bond acceptors (Lipinski definition) is 2. The van der Waals surface area contributed by atoms with E-state index in [2.05, 4.69) is 0 Å². The van der Waals surface area contributed by atoms with E-state index in [1.807, 2.05) is 74.5 Å². The Bertz CT molecular complexity index is 883. The van der Waals surface area contributed by atoms with Crippen molar-refractivity contribution in [2.45, 2.75) is 26.4 Å². The SMILES string of the molecule is Cc1ccc(C)c(C[C@H](Oc2ccc3ccccc3c2)C(=O)O)c1. The lowest BCUT2D eigenvalue weighted by Crippen LogP contribution is -2.29. The molecule has 0 saturated carbocycles. The number of rotatable bonds is 5. The zero-order chi connectivity index (χ0) is 17.1. The van der Waals surface area contributed by atoms with Gasteiger partial charge < -0.3 is 9.84 Å². The number of hydrogen-bond donors (Lipinski definition) is 1. The second kappa shape index (κ2) is 6.75. The predicted octanol–water partition coefficient (Wildman–Crippen LogP) is 4.53. The van der Waals surface area contributed by atoms with Gasteiger partial charge in [-0.25, -0.2) is 4.79 Å². The van der Waals surface area contributed by atoms with Crippen molar-refractivity contribution in [2.75, 3.05) is 0 Å². The lowest BCUT2D eigenvalue weighted by molar-refractivity contribution is -0.145. The van der Waals surface area contributed by atoms with Crippen molar-refractivity contribution >= 4 is 16.7 Å². The number of aryl methyl sites for hydroxylation is 2. The van der Waals surface area contributed by atoms with Crippen LogP contribution < -0.4 is 4.74 Å². The molecule has 24 heavy (non-hydrogen) atoms. The first kappa shape index (κ1) is 16.1. The lowest BCUT2D eigenvalue weighted by Gasteiger charge is -2.17. The zero-order valence-corrected chi connectivity index (χ0v) is 13.8. The van der Waals surface area contributed by atoms with Gasteiger partial charge in [0.1, 0.15) is 5.75 Å². The van der Waals surface area contributed by atoms with Crippen LogP contribution in [0.5, 0.6) is 5.75 Å². The highest BCUT2D eigenvalue weighted by atomic mass is 16.5. The Labute approximate surface area is 141 Å². The summed E-state index contributed by atoms with van der Waals surface area (Å²) >= 11 is 0. The molecule has 0 fully saturated rings. The second-order valence-electron chi connectivity index (χ2n) is 6.09. The largest absolute Gasteiger partial charge is 0.478 e. The molecule has 3 nitrogen and oxygen atoms in total. The molecule has 0 spiro atoms. The van der Waals surface area contributed by atoms with Gasteiger partial charge in [-0.2, -0.15) is 0 Å². The zero-order valence-electron chi connectivity index (χ0n) is 13.8. The van der Waals surface area contributed by atoms with Crippen LogP contribution in [0.3, 0.4) is 0 Å². The van der Waals surface area contributed by atoms with Crippen molar-refractivity contribution in [2.24, 2.45) is 0 Å². The van der Waals surface area contributed by atoms with Gasteiger partial charge in [-0.1, -0.05) is 54.1 Å². The number of carboxylic acid groups (broad SMARTS) is 1. The Morgan fingerprint density at radius 2 is 1.75 bits per heavy atom. The highest BCUT2D eigenvalue weighted by Crippen LogP contribution is 2.23. The number of benzene rings is 3. The Hall–Kier alpha value is -2.81. The molecule has 1 atom stereocenters. The van der Waals surface area contributed by atoms with Gasteiger partial charge in [0.05, 0.1) is 0 Å². The fraction of sp³-hybridized carbons (Fsp3) is 0.190. The summed E-state index contributed by atoms with van der Waals surface area (Å²) in [4.78, 5) is 11.6. The smallest absolute Gasteiger partial charge is 0.345 e. The van der Waals surface area contributed by atoms with Crippen LogP contribution in [0.15, 0.2) is 60.7 Å². The van der Waals surface area contributed by atoms with Gasteiger partial charge in [0.15, 0.2) is 6.10 Å². The Kier molecular flexibility index (Phi) is 4.52. The average Bonchev–Trinajstić information content (AvgIpc) is 2.57. The molecule has 0 heterocycles. The number of fused-ring (bicyclic) bond motifs is 1. The third-order valence-electron chi connectivity index (χ3n) is 4.18. The summed E-state index contributed by atoms with van der Waals surface area (Å²) in [5.41, 5.74) is 3.20. The van der Waals surface area contributed by atoms with Crippen LogP contribution in [0.2, 0.25) is 0 Å². The molecule has 3 aromatic carbocycles. The van der Waals surface area contributed by atoms with Gasteiger partial charge in [-0.15, -0.1) is 0 Å². The first-order valence-electron chi connectivity index (χ1n) is 7.97. The summed E-state index contributed by atoms with van der Waals surface area (Å²) in [6, 6.07) is 19.7. The predicted molar refractivity (Wildman–Crippen MR) is 95.6 cm³/mol. The molecule has 1 N–H and O–H groups in total. The maximum Gasteiger partial charge on any atom is 0.345 e. The van der Waals surface area contributed by atoms with Crippen LogP contribution in [0.25, 0.3) is 10.8 Å². The van der Waals surface area contributed by atoms with Crippen LogP contribution >= 0.6 is 0 Å². The summed E-state index contributed by atoms with van der Waals surface area (Å²) in [7, 11) is 0. The van der Waals surface area contributed by atoms with Crippen molar-refractivity contribution in [1.82, 2.24) is 0 Å². The van der Waals surface area contributed by atoms with Gasteiger partial charge in [0, 0.05) is 6.42 Å². The molecule has 0 aliphatic rings. The summed E-state index contributed by atoms with van der Waals surface area (Å²) in [6.45, 7) is 3.99. The Morgan fingerprint density at radius 1 is 1.00 bits per heavy atom. The molecule has 3 heteroatoms. The van der Waals surface area contributed by atoms with Gasteiger partial charge in [0.2, 0.25) is 0 Å². The monoisotopic (exact) mass is 320 g/mol. The molecule has 0 aromatic heterocycles. The maximum absolute atomic E-state index is 11.6. The molecule has 0 unspecified atom stereocenters. The van der Waals surface area contributed by atoms with E-state index in [9.17, 15) is 9.90 Å². The fourth-order valence-corrected chi connectivity index (χ4v) is 2.80. The molecule has 0 aliphatic heterocycles. The van der Waals surface area contributed by atoms with E-state index in [0.29, 0.717) is 12.2 Å². The molecule has 0 saturated heterocycles. The Balaban J connectivity index is 1.85. The minimum atomic E-state index is -0.955. The van der Waals surface area contributed by atoms with Crippen molar-refractivity contribution in [3.8, 4) is 5.75 Å². The number of aliphatic carboxylic acids is 1. The third-order valence-corrected chi connectivity index (χ3v) is 4.18. The number of carboxylic acids is 1. The van der Waals surface area contributed by atoms with E-state index in [0.717, 1.165) is 27.5 Å². The molecule has 0 bridgehead atoms. The average molecular weight is 320 g/mol. The lowest BCUT2D eigenvalue weighted by atomic mass is 10.00. The van der Waals surface area contributed by atoms with E-state index >= 15 is 0 Å². The van der Waals surface area contributed by atoms with Gasteiger partial charge in [-0.05, 0) is 47.9 Å². The molecule has 3 rings (SSSR count). The number of ether oxygens (including phenoxy) is 1. The van der Waals surface area contributed by atoms with Crippen LogP contribution in [0.1, 0.15) is 16.7 Å². The summed E-state index contributed by atoms with van der Waals surface area (Å²) < 4.78 is 5.78. The van der Waals surface area contributed by atoms with E-state index < -0.39 is 12.1 Å². The van der Waals surface area contributed by atoms with Gasteiger partial charge in [-0.3, -0.25) is 0 Å². The van der Waals surface area contributed by atoms with Crippen molar-refractivity contribution < 1.29 is 14.6 Å². The van der Waals surface area contributed by atoms with E-state index in [1.165, 1.54) is 0 Å². The molecule has 0 aliphatic carbocycles. The van der Waals surface area contributed by atoms with E-state index in [-0.39, 0.29) is 0 Å².